The third-order valence-corrected chi connectivity index (χ3v) is 4.18. The molecule has 4 rings (SSSR count). The molecule has 0 aliphatic heterocycles. The molecule has 2 heterocycles. The van der Waals surface area contributed by atoms with Gasteiger partial charge in [0, 0.05) is 17.5 Å². The molecule has 0 atom stereocenters. The maximum absolute atomic E-state index is 12.3. The lowest BCUT2D eigenvalue weighted by Crippen LogP contribution is -2.22. The van der Waals surface area contributed by atoms with E-state index >= 15 is 0 Å². The molecule has 8 heteroatoms. The summed E-state index contributed by atoms with van der Waals surface area (Å²) in [7, 11) is 0. The second kappa shape index (κ2) is 5.33. The van der Waals surface area contributed by atoms with Crippen LogP contribution in [0.2, 0.25) is 0 Å². The van der Waals surface area contributed by atoms with Crippen molar-refractivity contribution in [2.45, 2.75) is 6.54 Å². The van der Waals surface area contributed by atoms with E-state index in [9.17, 15) is 4.79 Å². The van der Waals surface area contributed by atoms with E-state index in [0.717, 1.165) is 27.5 Å². The fraction of sp³-hybridized carbons (Fsp3) is 0.0667. The van der Waals surface area contributed by atoms with Gasteiger partial charge in [0.05, 0.1) is 17.2 Å². The van der Waals surface area contributed by atoms with E-state index in [2.05, 4.69) is 24.3 Å². The van der Waals surface area contributed by atoms with Gasteiger partial charge in [-0.25, -0.2) is 0 Å². The Balaban J connectivity index is 1.52. The van der Waals surface area contributed by atoms with E-state index in [-0.39, 0.29) is 5.91 Å². The van der Waals surface area contributed by atoms with E-state index in [0.29, 0.717) is 17.9 Å². The summed E-state index contributed by atoms with van der Waals surface area (Å²) in [4.78, 5) is 12.3. The number of hydrogen-bond donors (Lipinski definition) is 3. The smallest absolute Gasteiger partial charge is 0.251 e. The van der Waals surface area contributed by atoms with Crippen LogP contribution in [0, 0.1) is 0 Å². The van der Waals surface area contributed by atoms with Crippen molar-refractivity contribution in [3.8, 4) is 0 Å². The maximum atomic E-state index is 12.3. The average molecular weight is 324 g/mol. The lowest BCUT2D eigenvalue weighted by atomic mass is 10.1. The van der Waals surface area contributed by atoms with Gasteiger partial charge in [-0.05, 0) is 35.9 Å². The van der Waals surface area contributed by atoms with Gasteiger partial charge in [-0.1, -0.05) is 6.07 Å². The molecule has 0 bridgehead atoms. The predicted molar refractivity (Wildman–Crippen MR) is 89.1 cm³/mol. The lowest BCUT2D eigenvalue weighted by Gasteiger charge is -2.05. The third kappa shape index (κ3) is 2.49. The summed E-state index contributed by atoms with van der Waals surface area (Å²) >= 11 is 1.18. The van der Waals surface area contributed by atoms with Gasteiger partial charge in [0.15, 0.2) is 5.82 Å². The number of rotatable bonds is 3. The molecule has 1 amide bonds. The first-order chi connectivity index (χ1) is 11.2. The quantitative estimate of drug-likeness (QED) is 0.534. The van der Waals surface area contributed by atoms with E-state index < -0.39 is 0 Å². The Morgan fingerprint density at radius 3 is 2.96 bits per heavy atom. The molecule has 0 saturated carbocycles. The normalized spacial score (nSPS) is 11.1. The molecular weight excluding hydrogens is 312 g/mol. The number of hydrogen-bond acceptors (Lipinski definition) is 6. The van der Waals surface area contributed by atoms with Crippen molar-refractivity contribution in [2.75, 3.05) is 5.73 Å². The van der Waals surface area contributed by atoms with Crippen LogP contribution in [-0.4, -0.2) is 24.9 Å². The van der Waals surface area contributed by atoms with Crippen LogP contribution in [0.15, 0.2) is 36.4 Å². The van der Waals surface area contributed by atoms with Gasteiger partial charge in [-0.15, -0.1) is 0 Å². The Hall–Kier alpha value is -3.00. The predicted octanol–water partition coefficient (Wildman–Crippen LogP) is 2.08. The molecule has 0 fully saturated rings. The lowest BCUT2D eigenvalue weighted by molar-refractivity contribution is 0.0951. The fourth-order valence-corrected chi connectivity index (χ4v) is 2.92. The highest BCUT2D eigenvalue weighted by Crippen LogP contribution is 2.19. The number of carbonyl (C=O) groups is 1. The van der Waals surface area contributed by atoms with Crippen LogP contribution in [0.1, 0.15) is 15.9 Å². The Morgan fingerprint density at radius 1 is 1.17 bits per heavy atom. The highest BCUT2D eigenvalue weighted by molar-refractivity contribution is 7.00. The highest BCUT2D eigenvalue weighted by atomic mass is 32.1. The Morgan fingerprint density at radius 2 is 2.04 bits per heavy atom. The third-order valence-electron chi connectivity index (χ3n) is 3.63. The SMILES string of the molecule is Nc1n[nH]c2ccc(C(=O)NCc3ccc4nsnc4c3)cc12. The molecule has 114 valence electrons. The van der Waals surface area contributed by atoms with Crippen LogP contribution >= 0.6 is 11.7 Å². The summed E-state index contributed by atoms with van der Waals surface area (Å²) in [6, 6.07) is 11.0. The number of benzene rings is 2. The zero-order valence-electron chi connectivity index (χ0n) is 11.9. The van der Waals surface area contributed by atoms with Crippen molar-refractivity contribution in [2.24, 2.45) is 0 Å². The maximum Gasteiger partial charge on any atom is 0.251 e. The molecule has 4 aromatic rings. The number of H-pyrrole nitrogens is 1. The minimum absolute atomic E-state index is 0.163. The second-order valence-electron chi connectivity index (χ2n) is 5.14. The van der Waals surface area contributed by atoms with Crippen molar-refractivity contribution in [3.63, 3.8) is 0 Å². The van der Waals surface area contributed by atoms with Gasteiger partial charge in [0.1, 0.15) is 11.0 Å². The molecule has 0 aliphatic rings. The topological polar surface area (TPSA) is 110 Å². The van der Waals surface area contributed by atoms with Gasteiger partial charge in [0.25, 0.3) is 5.91 Å². The minimum atomic E-state index is -0.163. The van der Waals surface area contributed by atoms with Gasteiger partial charge in [0.2, 0.25) is 0 Å². The number of aromatic amines is 1. The molecule has 2 aromatic heterocycles. The van der Waals surface area contributed by atoms with Crippen molar-refractivity contribution in [3.05, 3.63) is 47.5 Å². The zero-order chi connectivity index (χ0) is 15.8. The van der Waals surface area contributed by atoms with Crippen molar-refractivity contribution in [1.82, 2.24) is 24.3 Å². The van der Waals surface area contributed by atoms with Crippen LogP contribution in [0.5, 0.6) is 0 Å². The molecule has 0 radical (unpaired) electrons. The first-order valence-corrected chi connectivity index (χ1v) is 7.67. The molecule has 7 nitrogen and oxygen atoms in total. The second-order valence-corrected chi connectivity index (χ2v) is 5.67. The largest absolute Gasteiger partial charge is 0.382 e. The van der Waals surface area contributed by atoms with Crippen LogP contribution in [0.25, 0.3) is 21.9 Å². The Bertz CT molecular complexity index is 1020. The molecule has 0 unspecified atom stereocenters. The van der Waals surface area contributed by atoms with E-state index in [1.54, 1.807) is 18.2 Å². The number of aromatic nitrogens is 4. The summed E-state index contributed by atoms with van der Waals surface area (Å²) in [6.45, 7) is 0.422. The van der Waals surface area contributed by atoms with Gasteiger partial charge >= 0.3 is 0 Å². The van der Waals surface area contributed by atoms with E-state index in [1.807, 2.05) is 18.2 Å². The van der Waals surface area contributed by atoms with E-state index in [1.165, 1.54) is 11.7 Å². The number of amides is 1. The standard InChI is InChI=1S/C15H12N6OS/c16-14-10-6-9(2-4-11(10)18-19-14)15(22)17-7-8-1-3-12-13(5-8)21-23-20-12/h1-6H,7H2,(H,17,22)(H3,16,18,19). The van der Waals surface area contributed by atoms with Crippen LogP contribution < -0.4 is 11.1 Å². The average Bonchev–Trinajstić information content (AvgIpc) is 3.18. The van der Waals surface area contributed by atoms with E-state index in [4.69, 9.17) is 5.73 Å². The Kier molecular flexibility index (Phi) is 3.16. The molecule has 0 spiro atoms. The summed E-state index contributed by atoms with van der Waals surface area (Å²) in [6.07, 6.45) is 0. The summed E-state index contributed by atoms with van der Waals surface area (Å²) in [5.74, 6) is 0.222. The molecule has 4 N–H and O–H groups in total. The van der Waals surface area contributed by atoms with Gasteiger partial charge in [-0.2, -0.15) is 13.8 Å². The summed E-state index contributed by atoms with van der Waals surface area (Å²) in [5, 5.41) is 10.4. The van der Waals surface area contributed by atoms with Crippen molar-refractivity contribution >= 4 is 45.4 Å². The first-order valence-electron chi connectivity index (χ1n) is 6.94. The fourth-order valence-electron chi connectivity index (χ4n) is 2.40. The number of nitrogen functional groups attached to an aromatic ring is 1. The van der Waals surface area contributed by atoms with Gasteiger partial charge < -0.3 is 11.1 Å². The molecule has 2 aromatic carbocycles. The van der Waals surface area contributed by atoms with Gasteiger partial charge in [-0.3, -0.25) is 9.89 Å². The minimum Gasteiger partial charge on any atom is -0.382 e. The number of anilines is 1. The number of nitrogens with two attached hydrogens (primary N) is 1. The van der Waals surface area contributed by atoms with Crippen molar-refractivity contribution < 1.29 is 4.79 Å². The zero-order valence-corrected chi connectivity index (χ0v) is 12.7. The summed E-state index contributed by atoms with van der Waals surface area (Å²) < 4.78 is 8.35. The van der Waals surface area contributed by atoms with Crippen LogP contribution in [0.3, 0.4) is 0 Å². The molecular formula is C15H12N6OS. The number of carbonyl (C=O) groups excluding carboxylic acids is 1. The monoisotopic (exact) mass is 324 g/mol. The van der Waals surface area contributed by atoms with Crippen molar-refractivity contribution in [1.29, 1.82) is 0 Å². The Labute approximate surface area is 134 Å². The number of fused-ring (bicyclic) bond motifs is 2. The van der Waals surface area contributed by atoms with Crippen LogP contribution in [0.4, 0.5) is 5.82 Å². The van der Waals surface area contributed by atoms with Crippen LogP contribution in [-0.2, 0) is 6.54 Å². The first kappa shape index (κ1) is 13.6. The number of nitrogens with one attached hydrogen (secondary N) is 2. The number of nitrogens with zero attached hydrogens (tertiary/aromatic N) is 3. The highest BCUT2D eigenvalue weighted by Gasteiger charge is 2.09. The molecule has 0 aliphatic carbocycles. The summed E-state index contributed by atoms with van der Waals surface area (Å²) in [5.41, 5.74) is 9.80. The molecule has 0 saturated heterocycles. The molecule has 23 heavy (non-hydrogen) atoms.